The molecule has 0 radical (unpaired) electrons. The zero-order valence-electron chi connectivity index (χ0n) is 13.6. The van der Waals surface area contributed by atoms with Gasteiger partial charge in [0.1, 0.15) is 10.0 Å². The Morgan fingerprint density at radius 3 is 1.75 bits per heavy atom. The molecule has 0 aliphatic rings. The molecule has 2 aromatic carbocycles. The zero-order chi connectivity index (χ0) is 21.3. The van der Waals surface area contributed by atoms with E-state index in [1.807, 2.05) is 4.93 Å². The monoisotopic (exact) mass is 554 g/mol. The summed E-state index contributed by atoms with van der Waals surface area (Å²) in [6.45, 7) is 0. The maximum Gasteiger partial charge on any atom is 0.291 e. The highest BCUT2D eigenvalue weighted by Crippen LogP contribution is 2.31. The highest BCUT2D eigenvalue weighted by molar-refractivity contribution is 14.1. The number of nitrogens with zero attached hydrogens (tertiary/aromatic N) is 2. The van der Waals surface area contributed by atoms with Gasteiger partial charge in [0, 0.05) is 12.1 Å². The topological polar surface area (TPSA) is 116 Å². The predicted molar refractivity (Wildman–Crippen MR) is 111 cm³/mol. The first-order chi connectivity index (χ1) is 12.6. The van der Waals surface area contributed by atoms with Crippen LogP contribution in [0.1, 0.15) is 7.43 Å². The molecule has 0 fully saturated rings. The van der Waals surface area contributed by atoms with Gasteiger partial charge in [0.2, 0.25) is 0 Å². The van der Waals surface area contributed by atoms with E-state index in [-0.39, 0.29) is 28.9 Å². The minimum atomic E-state index is -0.981. The highest BCUT2D eigenvalue weighted by Gasteiger charge is 2.17. The second-order valence-corrected chi connectivity index (χ2v) is 5.02. The molecule has 0 saturated heterocycles. The van der Waals surface area contributed by atoms with Crippen LogP contribution < -0.4 is 4.74 Å². The normalized spacial score (nSPS) is 8.96. The fourth-order valence-electron chi connectivity index (χ4n) is 1.48. The molecule has 0 atom stereocenters. The maximum absolute atomic E-state index is 12.9. The number of rotatable bonds is 3. The fraction of sp³-hybridized carbons (Fsp3) is 0.200. The van der Waals surface area contributed by atoms with Gasteiger partial charge in [-0.15, -0.1) is 0 Å². The minimum Gasteiger partial charge on any atom is -0.505 e. The molecule has 2 aromatic rings. The Morgan fingerprint density at radius 1 is 0.964 bits per heavy atom. The molecule has 0 unspecified atom stereocenters. The number of nitro benzene ring substituents is 2. The molecule has 0 aliphatic heterocycles. The van der Waals surface area contributed by atoms with E-state index in [4.69, 9.17) is 28.3 Å². The summed E-state index contributed by atoms with van der Waals surface area (Å²) in [5.74, 6) is -2.69. The van der Waals surface area contributed by atoms with Gasteiger partial charge >= 0.3 is 0 Å². The van der Waals surface area contributed by atoms with Gasteiger partial charge in [0.25, 0.3) is 11.4 Å². The Balaban J connectivity index is 0. The second-order valence-electron chi connectivity index (χ2n) is 4.21. The first-order valence-electron chi connectivity index (χ1n) is 6.46. The van der Waals surface area contributed by atoms with E-state index >= 15 is 0 Å². The lowest BCUT2D eigenvalue weighted by Crippen LogP contribution is -1.93. The van der Waals surface area contributed by atoms with Crippen LogP contribution in [0.25, 0.3) is 0 Å². The van der Waals surface area contributed by atoms with Gasteiger partial charge in [-0.2, -0.15) is 0 Å². The lowest BCUT2D eigenvalue weighted by atomic mass is 10.3. The van der Waals surface area contributed by atoms with Crippen LogP contribution in [0.2, 0.25) is 10.0 Å². The number of hydrogen-bond acceptors (Lipinski definition) is 6. The van der Waals surface area contributed by atoms with E-state index in [1.54, 1.807) is 0 Å². The smallest absolute Gasteiger partial charge is 0.291 e. The highest BCUT2D eigenvalue weighted by atomic mass is 127. The van der Waals surface area contributed by atoms with Crippen molar-refractivity contribution >= 4 is 57.2 Å². The van der Waals surface area contributed by atoms with E-state index < -0.39 is 32.9 Å². The van der Waals surface area contributed by atoms with E-state index in [2.05, 4.69) is 27.3 Å². The molecule has 2 rings (SSSR count). The summed E-state index contributed by atoms with van der Waals surface area (Å²) in [4.78, 5) is 21.0. The van der Waals surface area contributed by atoms with E-state index in [0.717, 1.165) is 12.1 Å². The minimum absolute atomic E-state index is 0. The van der Waals surface area contributed by atoms with Crippen LogP contribution in [0.5, 0.6) is 11.5 Å². The lowest BCUT2D eigenvalue weighted by Gasteiger charge is -2.01. The molecule has 0 bridgehead atoms. The van der Waals surface area contributed by atoms with Crippen molar-refractivity contribution in [3.63, 3.8) is 0 Å². The predicted octanol–water partition coefficient (Wildman–Crippen LogP) is 6.18. The third-order valence-electron chi connectivity index (χ3n) is 2.63. The summed E-state index contributed by atoms with van der Waals surface area (Å²) in [5.41, 5.74) is -0.893. The molecule has 0 aliphatic carbocycles. The van der Waals surface area contributed by atoms with Crippen molar-refractivity contribution in [2.24, 2.45) is 0 Å². The number of halogens is 5. The first kappa shape index (κ1) is 28.2. The van der Waals surface area contributed by atoms with Crippen molar-refractivity contribution in [3.8, 4) is 11.5 Å². The van der Waals surface area contributed by atoms with Crippen LogP contribution in [0, 0.1) is 31.9 Å². The molecule has 28 heavy (non-hydrogen) atoms. The lowest BCUT2D eigenvalue weighted by molar-refractivity contribution is -0.385. The number of ether oxygens (including phenoxy) is 1. The van der Waals surface area contributed by atoms with Gasteiger partial charge in [0.15, 0.2) is 23.1 Å². The Bertz CT molecular complexity index is 843. The number of alkyl halides is 1. The zero-order valence-corrected chi connectivity index (χ0v) is 17.3. The van der Waals surface area contributed by atoms with Crippen molar-refractivity contribution in [1.29, 1.82) is 0 Å². The molecule has 0 amide bonds. The standard InChI is InChI=1S/C7H5ClFNO3.C6H3ClFNO3.CH3I.CH4/c1-13-7-3-6(10(11)12)4(8)2-5(7)9;7-3-1-4(8)6(10)2-5(3)9(11)12;1-2;/h2-3H,1H3;1-2,10H;1H3;1H4. The first-order valence-corrected chi connectivity index (χ1v) is 9.37. The summed E-state index contributed by atoms with van der Waals surface area (Å²) < 4.78 is 29.9. The number of hydrogen-bond donors (Lipinski definition) is 1. The van der Waals surface area contributed by atoms with Crippen LogP contribution in [0.4, 0.5) is 20.2 Å². The Hall–Kier alpha value is -1.99. The summed E-state index contributed by atoms with van der Waals surface area (Å²) in [7, 11) is 1.22. The van der Waals surface area contributed by atoms with E-state index in [1.165, 1.54) is 7.11 Å². The van der Waals surface area contributed by atoms with Crippen LogP contribution in [-0.4, -0.2) is 27.0 Å². The molecule has 13 heteroatoms. The van der Waals surface area contributed by atoms with Gasteiger partial charge < -0.3 is 9.84 Å². The molecule has 0 heterocycles. The van der Waals surface area contributed by atoms with Gasteiger partial charge in [0.05, 0.1) is 29.1 Å². The third kappa shape index (κ3) is 7.94. The third-order valence-corrected chi connectivity index (χ3v) is 3.24. The Kier molecular flexibility index (Phi) is 13.3. The molecular formula is C15H15Cl2F2IN2O6. The summed E-state index contributed by atoms with van der Waals surface area (Å²) in [6, 6.07) is 3.14. The van der Waals surface area contributed by atoms with Crippen molar-refractivity contribution in [3.05, 3.63) is 66.2 Å². The molecular weight excluding hydrogens is 540 g/mol. The Labute approximate surface area is 182 Å². The molecule has 0 aromatic heterocycles. The van der Waals surface area contributed by atoms with Crippen molar-refractivity contribution in [2.75, 3.05) is 12.0 Å². The number of aromatic hydroxyl groups is 1. The van der Waals surface area contributed by atoms with Crippen LogP contribution >= 0.6 is 45.8 Å². The van der Waals surface area contributed by atoms with Gasteiger partial charge in [-0.1, -0.05) is 53.2 Å². The molecule has 8 nitrogen and oxygen atoms in total. The van der Waals surface area contributed by atoms with Crippen molar-refractivity contribution in [2.45, 2.75) is 7.43 Å². The van der Waals surface area contributed by atoms with Crippen LogP contribution in [-0.2, 0) is 0 Å². The van der Waals surface area contributed by atoms with Gasteiger partial charge in [-0.25, -0.2) is 8.78 Å². The van der Waals surface area contributed by atoms with Gasteiger partial charge in [-0.05, 0) is 4.93 Å². The summed E-state index contributed by atoms with van der Waals surface area (Å²) in [6.07, 6.45) is 0. The molecule has 1 N–H and O–H groups in total. The molecule has 0 spiro atoms. The van der Waals surface area contributed by atoms with Crippen LogP contribution in [0.15, 0.2) is 24.3 Å². The quantitative estimate of drug-likeness (QED) is 0.210. The van der Waals surface area contributed by atoms with E-state index in [9.17, 15) is 29.0 Å². The van der Waals surface area contributed by atoms with Crippen molar-refractivity contribution in [1.82, 2.24) is 0 Å². The largest absolute Gasteiger partial charge is 0.505 e. The SMILES string of the molecule is C.CI.COc1cc([N+](=O)[O-])c(Cl)cc1F.O=[N+]([O-])c1cc(O)c(F)cc1Cl. The number of benzene rings is 2. The van der Waals surface area contributed by atoms with E-state index in [0.29, 0.717) is 12.1 Å². The fourth-order valence-corrected chi connectivity index (χ4v) is 1.92. The maximum atomic E-state index is 12.9. The number of methoxy groups -OCH3 is 1. The number of phenolic OH excluding ortho intramolecular Hbond substituents is 1. The number of phenols is 1. The molecule has 0 saturated carbocycles. The second kappa shape index (κ2) is 13.2. The van der Waals surface area contributed by atoms with Crippen LogP contribution in [0.3, 0.4) is 0 Å². The van der Waals surface area contributed by atoms with Gasteiger partial charge in [-0.3, -0.25) is 20.2 Å². The number of nitro groups is 2. The summed E-state index contributed by atoms with van der Waals surface area (Å²) >= 11 is 12.9. The average molecular weight is 555 g/mol. The molecule has 156 valence electrons. The Morgan fingerprint density at radius 2 is 1.36 bits per heavy atom. The van der Waals surface area contributed by atoms with Crippen molar-refractivity contribution < 1.29 is 28.5 Å². The summed E-state index contributed by atoms with van der Waals surface area (Å²) in [5, 5.41) is 28.7. The average Bonchev–Trinajstić information content (AvgIpc) is 2.60.